The number of aromatic amines is 1. The Bertz CT molecular complexity index is 539. The fraction of sp³-hybridized carbons (Fsp3) is 0.286. The molecular weight excluding hydrogens is 196 g/mol. The minimum Gasteiger partial charge on any atom is -0.357 e. The zero-order valence-electron chi connectivity index (χ0n) is 9.46. The summed E-state index contributed by atoms with van der Waals surface area (Å²) in [4.78, 5) is 3.50. The number of nitrogens with one attached hydrogen (secondary N) is 2. The van der Waals surface area contributed by atoms with Gasteiger partial charge in [0.1, 0.15) is 0 Å². The highest BCUT2D eigenvalue weighted by molar-refractivity contribution is 5.85. The Hall–Kier alpha value is -1.54. The summed E-state index contributed by atoms with van der Waals surface area (Å²) in [6, 6.07) is 9.28. The van der Waals surface area contributed by atoms with Crippen molar-refractivity contribution in [3.05, 3.63) is 48.2 Å². The quantitative estimate of drug-likeness (QED) is 0.699. The highest BCUT2D eigenvalue weighted by Crippen LogP contribution is 2.31. The van der Waals surface area contributed by atoms with Gasteiger partial charge in [0, 0.05) is 22.6 Å². The topological polar surface area (TPSA) is 27.8 Å². The maximum atomic E-state index is 3.91. The van der Waals surface area contributed by atoms with Gasteiger partial charge in [-0.15, -0.1) is 6.58 Å². The van der Waals surface area contributed by atoms with Crippen LogP contribution >= 0.6 is 0 Å². The monoisotopic (exact) mass is 212 g/mol. The Balaban J connectivity index is 2.26. The second-order valence-electron chi connectivity index (χ2n) is 4.55. The molecule has 2 N–H and O–H groups in total. The summed E-state index contributed by atoms with van der Waals surface area (Å²) >= 11 is 0. The molecule has 0 saturated heterocycles. The third-order valence-electron chi connectivity index (χ3n) is 3.37. The lowest BCUT2D eigenvalue weighted by atomic mass is 9.95. The fourth-order valence-electron chi connectivity index (χ4n) is 2.65. The number of fused-ring (bicyclic) bond motifs is 3. The lowest BCUT2D eigenvalue weighted by Crippen LogP contribution is -2.36. The van der Waals surface area contributed by atoms with E-state index in [2.05, 4.69) is 48.1 Å². The van der Waals surface area contributed by atoms with Crippen molar-refractivity contribution in [3.63, 3.8) is 0 Å². The number of para-hydroxylation sites is 1. The zero-order valence-corrected chi connectivity index (χ0v) is 9.46. The summed E-state index contributed by atoms with van der Waals surface area (Å²) in [5.74, 6) is 0. The Labute approximate surface area is 95.4 Å². The van der Waals surface area contributed by atoms with E-state index in [9.17, 15) is 0 Å². The van der Waals surface area contributed by atoms with E-state index < -0.39 is 0 Å². The molecule has 0 amide bonds. The van der Waals surface area contributed by atoms with E-state index in [1.807, 2.05) is 6.08 Å². The van der Waals surface area contributed by atoms with Gasteiger partial charge < -0.3 is 10.3 Å². The lowest BCUT2D eigenvalue weighted by Gasteiger charge is -2.27. The Morgan fingerprint density at radius 3 is 3.00 bits per heavy atom. The first-order valence-electron chi connectivity index (χ1n) is 5.77. The molecule has 2 atom stereocenters. The number of H-pyrrole nitrogens is 1. The number of hydrogen-bond acceptors (Lipinski definition) is 1. The Morgan fingerprint density at radius 2 is 2.19 bits per heavy atom. The largest absolute Gasteiger partial charge is 0.357 e. The first-order chi connectivity index (χ1) is 7.79. The van der Waals surface area contributed by atoms with E-state index >= 15 is 0 Å². The van der Waals surface area contributed by atoms with Gasteiger partial charge in [-0.25, -0.2) is 0 Å². The third kappa shape index (κ3) is 1.30. The average molecular weight is 212 g/mol. The molecule has 0 aliphatic carbocycles. The molecule has 1 aliphatic heterocycles. The van der Waals surface area contributed by atoms with E-state index in [1.54, 1.807) is 0 Å². The van der Waals surface area contributed by atoms with E-state index in [0.717, 1.165) is 6.42 Å². The summed E-state index contributed by atoms with van der Waals surface area (Å²) in [5, 5.41) is 4.89. The minimum atomic E-state index is 0.256. The molecule has 2 nitrogen and oxygen atoms in total. The molecule has 2 unspecified atom stereocenters. The summed E-state index contributed by atoms with van der Waals surface area (Å²) in [5.41, 5.74) is 3.97. The normalized spacial score (nSPS) is 24.3. The van der Waals surface area contributed by atoms with Gasteiger partial charge in [-0.05, 0) is 25.0 Å². The molecule has 3 rings (SSSR count). The lowest BCUT2D eigenvalue weighted by molar-refractivity contribution is 0.469. The fourth-order valence-corrected chi connectivity index (χ4v) is 2.65. The first kappa shape index (κ1) is 9.67. The van der Waals surface area contributed by atoms with E-state index in [1.165, 1.54) is 22.2 Å². The number of benzene rings is 1. The molecule has 2 heterocycles. The van der Waals surface area contributed by atoms with Crippen LogP contribution in [0.2, 0.25) is 0 Å². The standard InChI is InChI=1S/C14H16N2/c1-3-12-14-11(8-9(2)15-12)10-6-4-5-7-13(10)16-14/h3-7,9,12,15-16H,1,8H2,2H3. The van der Waals surface area contributed by atoms with E-state index in [0.29, 0.717) is 6.04 Å². The predicted molar refractivity (Wildman–Crippen MR) is 67.5 cm³/mol. The van der Waals surface area contributed by atoms with Crippen LogP contribution < -0.4 is 5.32 Å². The second-order valence-corrected chi connectivity index (χ2v) is 4.55. The minimum absolute atomic E-state index is 0.256. The van der Waals surface area contributed by atoms with Crippen molar-refractivity contribution >= 4 is 10.9 Å². The second kappa shape index (κ2) is 3.49. The number of rotatable bonds is 1. The average Bonchev–Trinajstić information content (AvgIpc) is 2.67. The van der Waals surface area contributed by atoms with Crippen LogP contribution in [-0.4, -0.2) is 11.0 Å². The van der Waals surface area contributed by atoms with Crippen molar-refractivity contribution in [1.82, 2.24) is 10.3 Å². The number of hydrogen-bond donors (Lipinski definition) is 2. The third-order valence-corrected chi connectivity index (χ3v) is 3.37. The van der Waals surface area contributed by atoms with Crippen molar-refractivity contribution < 1.29 is 0 Å². The Morgan fingerprint density at radius 1 is 1.38 bits per heavy atom. The van der Waals surface area contributed by atoms with Gasteiger partial charge in [-0.3, -0.25) is 0 Å². The smallest absolute Gasteiger partial charge is 0.0661 e. The van der Waals surface area contributed by atoms with Crippen LogP contribution in [0.25, 0.3) is 10.9 Å². The molecule has 0 radical (unpaired) electrons. The molecule has 1 aromatic heterocycles. The van der Waals surface area contributed by atoms with Crippen molar-refractivity contribution in [2.75, 3.05) is 0 Å². The molecule has 82 valence electrons. The molecule has 0 fully saturated rings. The number of aromatic nitrogens is 1. The van der Waals surface area contributed by atoms with Gasteiger partial charge >= 0.3 is 0 Å². The van der Waals surface area contributed by atoms with Gasteiger partial charge in [0.15, 0.2) is 0 Å². The molecule has 0 saturated carbocycles. The van der Waals surface area contributed by atoms with Crippen molar-refractivity contribution in [2.24, 2.45) is 0 Å². The van der Waals surface area contributed by atoms with Gasteiger partial charge in [0.25, 0.3) is 0 Å². The summed E-state index contributed by atoms with van der Waals surface area (Å²) in [6.45, 7) is 6.13. The van der Waals surface area contributed by atoms with Crippen LogP contribution in [-0.2, 0) is 6.42 Å². The van der Waals surface area contributed by atoms with Crippen LogP contribution in [0.4, 0.5) is 0 Å². The molecule has 16 heavy (non-hydrogen) atoms. The highest BCUT2D eigenvalue weighted by Gasteiger charge is 2.25. The summed E-state index contributed by atoms with van der Waals surface area (Å²) in [6.07, 6.45) is 3.06. The first-order valence-corrected chi connectivity index (χ1v) is 5.77. The van der Waals surface area contributed by atoms with Crippen LogP contribution in [0.3, 0.4) is 0 Å². The van der Waals surface area contributed by atoms with Gasteiger partial charge in [0.2, 0.25) is 0 Å². The molecule has 0 bridgehead atoms. The van der Waals surface area contributed by atoms with Gasteiger partial charge in [-0.2, -0.15) is 0 Å². The van der Waals surface area contributed by atoms with Crippen molar-refractivity contribution in [1.29, 1.82) is 0 Å². The molecule has 1 aliphatic rings. The van der Waals surface area contributed by atoms with Crippen LogP contribution in [0.15, 0.2) is 36.9 Å². The summed E-state index contributed by atoms with van der Waals surface area (Å²) < 4.78 is 0. The van der Waals surface area contributed by atoms with Gasteiger partial charge in [0.05, 0.1) is 6.04 Å². The summed E-state index contributed by atoms with van der Waals surface area (Å²) in [7, 11) is 0. The molecule has 1 aromatic carbocycles. The molecule has 2 heteroatoms. The molecule has 0 spiro atoms. The van der Waals surface area contributed by atoms with E-state index in [4.69, 9.17) is 0 Å². The van der Waals surface area contributed by atoms with E-state index in [-0.39, 0.29) is 6.04 Å². The van der Waals surface area contributed by atoms with Crippen LogP contribution in [0.1, 0.15) is 24.2 Å². The van der Waals surface area contributed by atoms with Crippen LogP contribution in [0, 0.1) is 0 Å². The highest BCUT2D eigenvalue weighted by atomic mass is 15.0. The predicted octanol–water partition coefficient (Wildman–Crippen LogP) is 2.93. The van der Waals surface area contributed by atoms with Crippen molar-refractivity contribution in [3.8, 4) is 0 Å². The molecule has 2 aromatic rings. The maximum Gasteiger partial charge on any atom is 0.0661 e. The van der Waals surface area contributed by atoms with Crippen LogP contribution in [0.5, 0.6) is 0 Å². The SMILES string of the molecule is C=CC1NC(C)Cc2c1[nH]c1ccccc21. The van der Waals surface area contributed by atoms with Crippen molar-refractivity contribution in [2.45, 2.75) is 25.4 Å². The van der Waals surface area contributed by atoms with Gasteiger partial charge in [-0.1, -0.05) is 24.3 Å². The Kier molecular flexibility index (Phi) is 2.11. The molecular formula is C14H16N2. The zero-order chi connectivity index (χ0) is 11.1. The maximum absolute atomic E-state index is 3.91.